The van der Waals surface area contributed by atoms with Crippen molar-refractivity contribution in [2.45, 2.75) is 18.2 Å². The Kier molecular flexibility index (Phi) is 5.83. The van der Waals surface area contributed by atoms with Crippen molar-refractivity contribution in [3.8, 4) is 22.6 Å². The van der Waals surface area contributed by atoms with Gasteiger partial charge in [0.15, 0.2) is 16.3 Å². The van der Waals surface area contributed by atoms with Crippen LogP contribution in [0, 0.1) is 0 Å². The summed E-state index contributed by atoms with van der Waals surface area (Å²) in [7, 11) is 3.12. The highest BCUT2D eigenvalue weighted by molar-refractivity contribution is 7.17. The number of anilines is 1. The Morgan fingerprint density at radius 2 is 1.89 bits per heavy atom. The zero-order valence-corrected chi connectivity index (χ0v) is 17.2. The number of carbonyl (C=O) groups is 2. The number of nitrogens with one attached hydrogen (secondary N) is 1. The first-order chi connectivity index (χ1) is 12.9. The van der Waals surface area contributed by atoms with Crippen LogP contribution in [-0.4, -0.2) is 37.5 Å². The Labute approximate surface area is 170 Å². The molecule has 144 valence electrons. The molecule has 0 saturated carbocycles. The molecule has 1 heterocycles. The van der Waals surface area contributed by atoms with Gasteiger partial charge in [0.05, 0.1) is 20.8 Å². The molecule has 0 unspecified atom stereocenters. The van der Waals surface area contributed by atoms with Crippen molar-refractivity contribution in [3.05, 3.63) is 28.1 Å². The van der Waals surface area contributed by atoms with Gasteiger partial charge in [-0.3, -0.25) is 4.79 Å². The molecule has 27 heavy (non-hydrogen) atoms. The van der Waals surface area contributed by atoms with E-state index in [4.69, 9.17) is 37.4 Å². The average molecular weight is 430 g/mol. The molecule has 1 aliphatic rings. The maximum Gasteiger partial charge on any atom is 0.341 e. The predicted molar refractivity (Wildman–Crippen MR) is 106 cm³/mol. The van der Waals surface area contributed by atoms with Crippen LogP contribution in [0.15, 0.2) is 12.1 Å². The van der Waals surface area contributed by atoms with Crippen molar-refractivity contribution in [2.75, 3.05) is 26.1 Å². The fourth-order valence-electron chi connectivity index (χ4n) is 3.01. The van der Waals surface area contributed by atoms with Crippen LogP contribution in [0.2, 0.25) is 0 Å². The standard InChI is InChI=1S/C18H17Cl2NO5S/c1-4-26-18(23)14-13-9-7-11(25-3)10(24-2)5-8(9)6-12(13)27-17(14)21-16(22)15(19)20/h5,7,15H,4,6H2,1-3H3,(H,21,22). The number of hydrogen-bond acceptors (Lipinski definition) is 6. The molecule has 0 fully saturated rings. The summed E-state index contributed by atoms with van der Waals surface area (Å²) in [5, 5.41) is 2.99. The van der Waals surface area contributed by atoms with Crippen molar-refractivity contribution < 1.29 is 23.8 Å². The molecule has 1 aromatic heterocycles. The van der Waals surface area contributed by atoms with E-state index in [0.717, 1.165) is 21.6 Å². The van der Waals surface area contributed by atoms with Crippen molar-refractivity contribution in [1.29, 1.82) is 0 Å². The molecule has 3 rings (SSSR count). The van der Waals surface area contributed by atoms with Crippen molar-refractivity contribution in [1.82, 2.24) is 0 Å². The number of rotatable bonds is 6. The van der Waals surface area contributed by atoms with Gasteiger partial charge >= 0.3 is 5.97 Å². The summed E-state index contributed by atoms with van der Waals surface area (Å²) < 4.78 is 15.9. The molecule has 1 amide bonds. The molecule has 0 radical (unpaired) electrons. The van der Waals surface area contributed by atoms with E-state index >= 15 is 0 Å². The molecule has 0 saturated heterocycles. The quantitative estimate of drug-likeness (QED) is 0.468. The highest BCUT2D eigenvalue weighted by atomic mass is 35.5. The average Bonchev–Trinajstić information content (AvgIpc) is 3.15. The van der Waals surface area contributed by atoms with E-state index in [2.05, 4.69) is 5.32 Å². The van der Waals surface area contributed by atoms with E-state index in [1.165, 1.54) is 11.3 Å². The third-order valence-corrected chi connectivity index (χ3v) is 5.63. The Bertz CT molecular complexity index is 910. The Morgan fingerprint density at radius 3 is 2.48 bits per heavy atom. The van der Waals surface area contributed by atoms with Gasteiger partial charge in [0.2, 0.25) is 0 Å². The van der Waals surface area contributed by atoms with E-state index in [9.17, 15) is 9.59 Å². The molecule has 2 aromatic rings. The van der Waals surface area contributed by atoms with Crippen molar-refractivity contribution in [2.24, 2.45) is 0 Å². The van der Waals surface area contributed by atoms with Gasteiger partial charge in [-0.05, 0) is 30.2 Å². The van der Waals surface area contributed by atoms with Gasteiger partial charge in [-0.25, -0.2) is 4.79 Å². The minimum Gasteiger partial charge on any atom is -0.493 e. The third-order valence-electron chi connectivity index (χ3n) is 4.13. The number of amides is 1. The van der Waals surface area contributed by atoms with E-state index in [1.807, 2.05) is 12.1 Å². The van der Waals surface area contributed by atoms with Gasteiger partial charge in [0, 0.05) is 16.9 Å². The fraction of sp³-hybridized carbons (Fsp3) is 0.333. The summed E-state index contributed by atoms with van der Waals surface area (Å²) in [6.07, 6.45) is 0.600. The second-order valence-electron chi connectivity index (χ2n) is 5.66. The zero-order valence-electron chi connectivity index (χ0n) is 14.9. The number of carbonyl (C=O) groups excluding carboxylic acids is 2. The minimum absolute atomic E-state index is 0.212. The SMILES string of the molecule is CCOC(=O)c1c(NC(=O)C(Cl)Cl)sc2c1-c1cc(OC)c(OC)cc1C2. The summed E-state index contributed by atoms with van der Waals surface area (Å²) in [5.41, 5.74) is 2.87. The van der Waals surface area contributed by atoms with Crippen LogP contribution in [0.3, 0.4) is 0 Å². The third kappa shape index (κ3) is 3.59. The highest BCUT2D eigenvalue weighted by Gasteiger charge is 2.33. The number of hydrogen-bond donors (Lipinski definition) is 1. The molecule has 1 N–H and O–H groups in total. The first-order valence-electron chi connectivity index (χ1n) is 8.08. The fourth-order valence-corrected chi connectivity index (χ4v) is 4.35. The van der Waals surface area contributed by atoms with Crippen LogP contribution in [0.5, 0.6) is 11.5 Å². The monoisotopic (exact) mass is 429 g/mol. The Morgan fingerprint density at radius 1 is 1.22 bits per heavy atom. The highest BCUT2D eigenvalue weighted by Crippen LogP contribution is 2.50. The normalized spacial score (nSPS) is 11.8. The summed E-state index contributed by atoms with van der Waals surface area (Å²) in [5.74, 6) is 0.0481. The number of ether oxygens (including phenoxy) is 3. The van der Waals surface area contributed by atoms with Crippen LogP contribution < -0.4 is 14.8 Å². The Balaban J connectivity index is 2.15. The van der Waals surface area contributed by atoms with Gasteiger partial charge in [-0.15, -0.1) is 11.3 Å². The first-order valence-corrected chi connectivity index (χ1v) is 9.77. The van der Waals surface area contributed by atoms with Crippen molar-refractivity contribution in [3.63, 3.8) is 0 Å². The van der Waals surface area contributed by atoms with Gasteiger partial charge in [0.1, 0.15) is 10.6 Å². The summed E-state index contributed by atoms with van der Waals surface area (Å²) in [6, 6.07) is 3.72. The van der Waals surface area contributed by atoms with Gasteiger partial charge in [-0.2, -0.15) is 0 Å². The topological polar surface area (TPSA) is 73.9 Å². The summed E-state index contributed by atoms with van der Waals surface area (Å²) in [4.78, 5) is 24.3. The number of alkyl halides is 2. The number of methoxy groups -OCH3 is 2. The van der Waals surface area contributed by atoms with Gasteiger partial charge in [-0.1, -0.05) is 23.2 Å². The number of halogens is 2. The lowest BCUT2D eigenvalue weighted by atomic mass is 10.0. The maximum absolute atomic E-state index is 12.6. The molecule has 0 aliphatic heterocycles. The zero-order chi connectivity index (χ0) is 19.7. The molecule has 0 atom stereocenters. The molecular weight excluding hydrogens is 413 g/mol. The number of fused-ring (bicyclic) bond motifs is 3. The van der Waals surface area contributed by atoms with Crippen molar-refractivity contribution >= 4 is 51.4 Å². The molecule has 1 aromatic carbocycles. The lowest BCUT2D eigenvalue weighted by molar-refractivity contribution is -0.114. The maximum atomic E-state index is 12.6. The molecule has 0 spiro atoms. The van der Waals surface area contributed by atoms with Gasteiger partial charge < -0.3 is 19.5 Å². The second-order valence-corrected chi connectivity index (χ2v) is 7.86. The smallest absolute Gasteiger partial charge is 0.341 e. The summed E-state index contributed by atoms with van der Waals surface area (Å²) in [6.45, 7) is 1.93. The van der Waals surface area contributed by atoms with Crippen LogP contribution in [0.4, 0.5) is 5.00 Å². The number of thiophene rings is 1. The van der Waals surface area contributed by atoms with Crippen LogP contribution >= 0.6 is 34.5 Å². The lowest BCUT2D eigenvalue weighted by Crippen LogP contribution is -2.19. The second kappa shape index (κ2) is 7.96. The van der Waals surface area contributed by atoms with E-state index in [1.54, 1.807) is 21.1 Å². The van der Waals surface area contributed by atoms with E-state index < -0.39 is 16.7 Å². The molecular formula is C18H17Cl2NO5S. The largest absolute Gasteiger partial charge is 0.493 e. The number of benzene rings is 1. The van der Waals surface area contributed by atoms with E-state index in [0.29, 0.717) is 28.5 Å². The molecule has 9 heteroatoms. The molecule has 0 bridgehead atoms. The predicted octanol–water partition coefficient (Wildman–Crippen LogP) is 4.26. The minimum atomic E-state index is -1.24. The van der Waals surface area contributed by atoms with Gasteiger partial charge in [0.25, 0.3) is 5.91 Å². The summed E-state index contributed by atoms with van der Waals surface area (Å²) >= 11 is 12.6. The van der Waals surface area contributed by atoms with Crippen LogP contribution in [-0.2, 0) is 16.0 Å². The first kappa shape index (κ1) is 19.8. The number of esters is 1. The lowest BCUT2D eigenvalue weighted by Gasteiger charge is -2.12. The van der Waals surface area contributed by atoms with Crippen LogP contribution in [0.25, 0.3) is 11.1 Å². The van der Waals surface area contributed by atoms with Crippen LogP contribution in [0.1, 0.15) is 27.7 Å². The molecule has 6 nitrogen and oxygen atoms in total. The Hall–Kier alpha value is -1.96. The van der Waals surface area contributed by atoms with E-state index in [-0.39, 0.29) is 6.61 Å². The molecule has 1 aliphatic carbocycles.